The van der Waals surface area contributed by atoms with Crippen molar-refractivity contribution in [1.29, 1.82) is 0 Å². The Morgan fingerprint density at radius 2 is 1.09 bits per heavy atom. The highest BCUT2D eigenvalue weighted by Crippen LogP contribution is 2.57. The van der Waals surface area contributed by atoms with Gasteiger partial charge in [-0.3, -0.25) is 0 Å². The number of anilines is 6. The first kappa shape index (κ1) is 39.8. The standard InChI is InChI=1S/C50H58BF3N2S/c1-29-25-31(46(5,6)7)17-21-36(29)56-39-28-33(50(52,53)54)27-38-41(39)51(44-42(56)40-43(57-44)49(13,14)24-23-48(40,11)12)35-26-32(47(8,9)10)18-22-37(35)55(38)34-19-15-30(16-20-34)45(2,3)4/h15-22,25-28H,23-24H2,1-14H3. The lowest BCUT2D eigenvalue weighted by molar-refractivity contribution is -0.137. The Morgan fingerprint density at radius 1 is 0.579 bits per heavy atom. The van der Waals surface area contributed by atoms with E-state index >= 15 is 13.2 Å². The monoisotopic (exact) mass is 786 g/mol. The molecule has 3 heterocycles. The highest BCUT2D eigenvalue weighted by atomic mass is 32.1. The lowest BCUT2D eigenvalue weighted by Gasteiger charge is -2.46. The highest BCUT2D eigenvalue weighted by molar-refractivity contribution is 7.29. The van der Waals surface area contributed by atoms with Gasteiger partial charge in [-0.15, -0.1) is 0 Å². The molecule has 2 nitrogen and oxygen atoms in total. The fourth-order valence-corrected chi connectivity index (χ4v) is 11.1. The van der Waals surface area contributed by atoms with Crippen LogP contribution in [0.15, 0.2) is 72.8 Å². The van der Waals surface area contributed by atoms with Crippen molar-refractivity contribution in [3.8, 4) is 0 Å². The van der Waals surface area contributed by atoms with Gasteiger partial charge < -0.3 is 9.80 Å². The van der Waals surface area contributed by atoms with Gasteiger partial charge in [0.05, 0.1) is 11.3 Å². The Labute approximate surface area is 343 Å². The summed E-state index contributed by atoms with van der Waals surface area (Å²) in [6.07, 6.45) is -2.51. The van der Waals surface area contributed by atoms with Crippen LogP contribution in [-0.4, -0.2) is 6.71 Å². The molecule has 0 atom stereocenters. The molecule has 0 amide bonds. The molecule has 5 aromatic rings. The van der Waals surface area contributed by atoms with E-state index in [1.165, 1.54) is 44.0 Å². The average Bonchev–Trinajstić information content (AvgIpc) is 3.52. The summed E-state index contributed by atoms with van der Waals surface area (Å²) in [7, 11) is 0. The number of thiophene rings is 1. The number of fused-ring (bicyclic) bond motifs is 6. The van der Waals surface area contributed by atoms with Gasteiger partial charge >= 0.3 is 6.18 Å². The molecule has 0 spiro atoms. The summed E-state index contributed by atoms with van der Waals surface area (Å²) < 4.78 is 47.7. The summed E-state index contributed by atoms with van der Waals surface area (Å²) in [5, 5.41) is 0. The van der Waals surface area contributed by atoms with Gasteiger partial charge in [0, 0.05) is 38.1 Å². The second-order valence-electron chi connectivity index (χ2n) is 21.4. The number of alkyl halides is 3. The predicted octanol–water partition coefficient (Wildman–Crippen LogP) is 13.4. The van der Waals surface area contributed by atoms with Crippen LogP contribution in [0.3, 0.4) is 0 Å². The number of halogens is 3. The SMILES string of the molecule is Cc1cc(C(C)(C)C)ccc1N1c2cc(C(F)(F)F)cc3c2B(c2cc(C(C)(C)C)ccc2N3c2ccc(C(C)(C)C)cc2)c2sc3c(c21)C(C)(C)CCC3(C)C. The van der Waals surface area contributed by atoms with Crippen molar-refractivity contribution in [2.45, 2.75) is 143 Å². The van der Waals surface area contributed by atoms with Gasteiger partial charge in [-0.1, -0.05) is 126 Å². The average molecular weight is 787 g/mol. The first-order valence-electron chi connectivity index (χ1n) is 20.6. The van der Waals surface area contributed by atoms with Crippen LogP contribution in [0.25, 0.3) is 0 Å². The van der Waals surface area contributed by atoms with E-state index in [9.17, 15) is 0 Å². The number of benzene rings is 4. The maximum atomic E-state index is 15.5. The van der Waals surface area contributed by atoms with E-state index in [1.54, 1.807) is 0 Å². The van der Waals surface area contributed by atoms with Crippen molar-refractivity contribution in [3.05, 3.63) is 111 Å². The van der Waals surface area contributed by atoms with Gasteiger partial charge in [0.2, 0.25) is 0 Å². The topological polar surface area (TPSA) is 6.48 Å². The van der Waals surface area contributed by atoms with Crippen LogP contribution in [0, 0.1) is 6.92 Å². The Kier molecular flexibility index (Phi) is 8.75. The Hall–Kier alpha value is -3.97. The molecule has 0 saturated carbocycles. The minimum Gasteiger partial charge on any atom is -0.311 e. The van der Waals surface area contributed by atoms with Crippen molar-refractivity contribution < 1.29 is 13.2 Å². The molecule has 0 unspecified atom stereocenters. The lowest BCUT2D eigenvalue weighted by atomic mass is 9.35. The van der Waals surface area contributed by atoms with Gasteiger partial charge in [-0.25, -0.2) is 0 Å². The summed E-state index contributed by atoms with van der Waals surface area (Å²) in [4.78, 5) is 5.72. The molecule has 1 aromatic heterocycles. The summed E-state index contributed by atoms with van der Waals surface area (Å²) in [6.45, 7) is 31.2. The summed E-state index contributed by atoms with van der Waals surface area (Å²) >= 11 is 1.90. The van der Waals surface area contributed by atoms with Crippen molar-refractivity contribution in [2.75, 3.05) is 9.80 Å². The van der Waals surface area contributed by atoms with Crippen molar-refractivity contribution in [3.63, 3.8) is 0 Å². The Morgan fingerprint density at radius 3 is 1.63 bits per heavy atom. The number of nitrogens with zero attached hydrogens (tertiary/aromatic N) is 2. The van der Waals surface area contributed by atoms with Gasteiger partial charge in [-0.05, 0) is 122 Å². The van der Waals surface area contributed by atoms with E-state index in [4.69, 9.17) is 0 Å². The van der Waals surface area contributed by atoms with Crippen LogP contribution in [0.1, 0.15) is 141 Å². The molecule has 4 aromatic carbocycles. The normalized spacial score (nSPS) is 17.2. The van der Waals surface area contributed by atoms with E-state index in [0.717, 1.165) is 52.1 Å². The first-order chi connectivity index (χ1) is 26.2. The minimum absolute atomic E-state index is 0.0719. The second-order valence-corrected chi connectivity index (χ2v) is 22.4. The minimum atomic E-state index is -4.56. The molecule has 0 bridgehead atoms. The Bertz CT molecular complexity index is 2430. The molecular formula is C50H58BF3N2S. The van der Waals surface area contributed by atoms with Gasteiger partial charge in [-0.2, -0.15) is 24.5 Å². The van der Waals surface area contributed by atoms with E-state index in [1.807, 2.05) is 11.3 Å². The van der Waals surface area contributed by atoms with Crippen LogP contribution in [0.2, 0.25) is 0 Å². The molecule has 298 valence electrons. The largest absolute Gasteiger partial charge is 0.416 e. The summed E-state index contributed by atoms with van der Waals surface area (Å²) in [5.41, 5.74) is 11.8. The fourth-order valence-electron chi connectivity index (χ4n) is 9.42. The first-order valence-corrected chi connectivity index (χ1v) is 21.4. The molecule has 0 saturated heterocycles. The molecular weight excluding hydrogens is 728 g/mol. The number of aryl methyl sites for hydroxylation is 1. The maximum Gasteiger partial charge on any atom is 0.416 e. The van der Waals surface area contributed by atoms with Gasteiger partial charge in [0.15, 0.2) is 0 Å². The maximum absolute atomic E-state index is 15.5. The zero-order valence-corrected chi connectivity index (χ0v) is 37.2. The third-order valence-corrected chi connectivity index (χ3v) is 14.6. The fraction of sp³-hybridized carbons (Fsp3) is 0.440. The zero-order valence-electron chi connectivity index (χ0n) is 36.4. The van der Waals surface area contributed by atoms with Crippen LogP contribution < -0.4 is 25.5 Å². The van der Waals surface area contributed by atoms with Crippen LogP contribution in [0.4, 0.5) is 47.3 Å². The third-order valence-electron chi connectivity index (χ3n) is 13.0. The van der Waals surface area contributed by atoms with Crippen molar-refractivity contribution in [2.24, 2.45) is 0 Å². The van der Waals surface area contributed by atoms with E-state index in [-0.39, 0.29) is 33.8 Å². The van der Waals surface area contributed by atoms with Gasteiger partial charge in [0.25, 0.3) is 6.71 Å². The molecule has 1 aliphatic carbocycles. The molecule has 2 aliphatic heterocycles. The molecule has 0 radical (unpaired) electrons. The Balaban J connectivity index is 1.55. The molecule has 0 fully saturated rings. The number of hydrogen-bond acceptors (Lipinski definition) is 3. The molecule has 8 rings (SSSR count). The smallest absolute Gasteiger partial charge is 0.311 e. The lowest BCUT2D eigenvalue weighted by Crippen LogP contribution is -2.61. The third kappa shape index (κ3) is 6.37. The molecule has 7 heteroatoms. The summed E-state index contributed by atoms with van der Waals surface area (Å²) in [6, 6.07) is 24.6. The van der Waals surface area contributed by atoms with Gasteiger partial charge in [0.1, 0.15) is 0 Å². The van der Waals surface area contributed by atoms with E-state index < -0.39 is 11.7 Å². The number of hydrogen-bond donors (Lipinski definition) is 0. The number of rotatable bonds is 2. The van der Waals surface area contributed by atoms with Crippen molar-refractivity contribution >= 4 is 67.9 Å². The molecule has 3 aliphatic rings. The van der Waals surface area contributed by atoms with E-state index in [0.29, 0.717) is 11.4 Å². The summed E-state index contributed by atoms with van der Waals surface area (Å²) in [5.74, 6) is 0. The van der Waals surface area contributed by atoms with Crippen molar-refractivity contribution in [1.82, 2.24) is 0 Å². The van der Waals surface area contributed by atoms with Crippen LogP contribution in [-0.2, 0) is 33.3 Å². The highest BCUT2D eigenvalue weighted by Gasteiger charge is 2.52. The predicted molar refractivity (Wildman–Crippen MR) is 239 cm³/mol. The zero-order chi connectivity index (χ0) is 41.6. The second kappa shape index (κ2) is 12.5. The molecule has 0 N–H and O–H groups in total. The van der Waals surface area contributed by atoms with E-state index in [2.05, 4.69) is 167 Å². The van der Waals surface area contributed by atoms with Crippen LogP contribution >= 0.6 is 11.3 Å². The van der Waals surface area contributed by atoms with Crippen LogP contribution in [0.5, 0.6) is 0 Å². The molecule has 57 heavy (non-hydrogen) atoms. The quantitative estimate of drug-likeness (QED) is 0.161.